The molecule has 0 bridgehead atoms. The van der Waals surface area contributed by atoms with Crippen LogP contribution in [-0.4, -0.2) is 53.1 Å². The topological polar surface area (TPSA) is 43.0 Å². The highest BCUT2D eigenvalue weighted by Gasteiger charge is 2.39. The van der Waals surface area contributed by atoms with Gasteiger partial charge >= 0.3 is 0 Å². The van der Waals surface area contributed by atoms with Gasteiger partial charge in [0.05, 0.1) is 13.7 Å². The molecule has 5 nitrogen and oxygen atoms in total. The number of benzene rings is 3. The second-order valence-corrected chi connectivity index (χ2v) is 20.0. The van der Waals surface area contributed by atoms with Crippen molar-refractivity contribution in [3.05, 3.63) is 94.5 Å². The Labute approximate surface area is 286 Å². The molecule has 2 unspecified atom stereocenters. The number of hydrogen-bond donors (Lipinski definition) is 1. The highest BCUT2D eigenvalue weighted by molar-refractivity contribution is 6.74. The maximum absolute atomic E-state index is 6.69. The molecule has 3 aromatic rings. The molecule has 0 aromatic heterocycles. The zero-order valence-electron chi connectivity index (χ0n) is 30.1. The molecule has 0 saturated carbocycles. The van der Waals surface area contributed by atoms with Crippen LogP contribution < -0.4 is 14.5 Å². The van der Waals surface area contributed by atoms with E-state index < -0.39 is 8.32 Å². The molecule has 1 saturated heterocycles. The van der Waals surface area contributed by atoms with Crippen molar-refractivity contribution in [3.63, 3.8) is 0 Å². The first kappa shape index (κ1) is 35.7. The van der Waals surface area contributed by atoms with Crippen molar-refractivity contribution < 1.29 is 13.9 Å². The lowest BCUT2D eigenvalue weighted by Gasteiger charge is -2.36. The Balaban J connectivity index is 1.26. The van der Waals surface area contributed by atoms with Crippen LogP contribution in [0.5, 0.6) is 11.5 Å². The summed E-state index contributed by atoms with van der Waals surface area (Å²) in [5, 5.41) is 3.96. The third-order valence-electron chi connectivity index (χ3n) is 10.8. The van der Waals surface area contributed by atoms with E-state index in [1.54, 1.807) is 7.11 Å². The lowest BCUT2D eigenvalue weighted by molar-refractivity contribution is 0.0162. The molecule has 1 fully saturated rings. The van der Waals surface area contributed by atoms with E-state index in [9.17, 15) is 0 Å². The predicted molar refractivity (Wildman–Crippen MR) is 198 cm³/mol. The molecule has 1 heterocycles. The Morgan fingerprint density at radius 2 is 1.62 bits per heavy atom. The molecule has 1 aliphatic carbocycles. The van der Waals surface area contributed by atoms with Crippen LogP contribution in [0.3, 0.4) is 0 Å². The van der Waals surface area contributed by atoms with Gasteiger partial charge in [-0.2, -0.15) is 0 Å². The van der Waals surface area contributed by atoms with Crippen LogP contribution in [0.15, 0.2) is 66.7 Å². The average molecular weight is 657 g/mol. The summed E-state index contributed by atoms with van der Waals surface area (Å²) < 4.78 is 18.9. The van der Waals surface area contributed by atoms with Gasteiger partial charge in [0, 0.05) is 13.1 Å². The smallest absolute Gasteiger partial charge is 0.250 e. The second kappa shape index (κ2) is 16.6. The van der Waals surface area contributed by atoms with Gasteiger partial charge in [0.1, 0.15) is 17.7 Å². The molecule has 47 heavy (non-hydrogen) atoms. The molecule has 0 amide bonds. The number of likely N-dealkylation sites (tertiary alicyclic amines) is 1. The summed E-state index contributed by atoms with van der Waals surface area (Å²) in [7, 11) is -0.106. The first-order valence-electron chi connectivity index (χ1n) is 18.2. The SMILES string of the molecule is COc1ccc(C2CCCc3cc(O[Si](C)(C)C(C)(C)C)ccc3C2)c(CCNC(OCCN2CCCCCC2)c2ccccc2)c1. The Bertz CT molecular complexity index is 1400. The third-order valence-corrected chi connectivity index (χ3v) is 15.2. The number of nitrogens with one attached hydrogen (secondary N) is 1. The molecule has 1 aliphatic heterocycles. The molecule has 0 radical (unpaired) electrons. The van der Waals surface area contributed by atoms with Crippen LogP contribution >= 0.6 is 0 Å². The van der Waals surface area contributed by atoms with Gasteiger partial charge in [0.25, 0.3) is 0 Å². The molecule has 3 aromatic carbocycles. The normalized spacial score (nSPS) is 18.6. The molecular weight excluding hydrogens is 597 g/mol. The van der Waals surface area contributed by atoms with E-state index >= 15 is 0 Å². The lowest BCUT2D eigenvalue weighted by atomic mass is 9.86. The summed E-state index contributed by atoms with van der Waals surface area (Å²) in [6, 6.07) is 24.3. The third kappa shape index (κ3) is 9.94. The van der Waals surface area contributed by atoms with Gasteiger partial charge in [-0.15, -0.1) is 0 Å². The fourth-order valence-electron chi connectivity index (χ4n) is 6.94. The summed E-state index contributed by atoms with van der Waals surface area (Å²) in [4.78, 5) is 2.57. The molecule has 2 atom stereocenters. The molecule has 0 spiro atoms. The minimum atomic E-state index is -1.88. The van der Waals surface area contributed by atoms with E-state index in [0.29, 0.717) is 5.92 Å². The molecular formula is C41H60N2O3Si. The Hall–Kier alpha value is -2.64. The maximum Gasteiger partial charge on any atom is 0.250 e. The van der Waals surface area contributed by atoms with Crippen molar-refractivity contribution in [2.75, 3.05) is 39.9 Å². The van der Waals surface area contributed by atoms with Gasteiger partial charge in [-0.25, -0.2) is 0 Å². The number of nitrogens with zero attached hydrogens (tertiary/aromatic N) is 1. The molecule has 6 heteroatoms. The first-order chi connectivity index (χ1) is 22.6. The van der Waals surface area contributed by atoms with Gasteiger partial charge in [-0.3, -0.25) is 5.32 Å². The second-order valence-electron chi connectivity index (χ2n) is 15.3. The number of aryl methyl sites for hydroxylation is 1. The minimum Gasteiger partial charge on any atom is -0.543 e. The summed E-state index contributed by atoms with van der Waals surface area (Å²) in [6.07, 6.45) is 10.7. The van der Waals surface area contributed by atoms with Crippen LogP contribution in [-0.2, 0) is 24.0 Å². The van der Waals surface area contributed by atoms with Crippen LogP contribution in [0.4, 0.5) is 0 Å². The molecule has 2 aliphatic rings. The van der Waals surface area contributed by atoms with Crippen LogP contribution in [0, 0.1) is 0 Å². The van der Waals surface area contributed by atoms with E-state index in [-0.39, 0.29) is 11.3 Å². The minimum absolute atomic E-state index is 0.121. The Kier molecular flexibility index (Phi) is 12.6. The van der Waals surface area contributed by atoms with Crippen LogP contribution in [0.1, 0.15) is 99.3 Å². The van der Waals surface area contributed by atoms with Crippen molar-refractivity contribution >= 4 is 8.32 Å². The Morgan fingerprint density at radius 3 is 2.34 bits per heavy atom. The number of methoxy groups -OCH3 is 1. The summed E-state index contributed by atoms with van der Waals surface area (Å²) >= 11 is 0. The van der Waals surface area contributed by atoms with E-state index in [4.69, 9.17) is 13.9 Å². The van der Waals surface area contributed by atoms with Crippen molar-refractivity contribution in [1.82, 2.24) is 10.2 Å². The van der Waals surface area contributed by atoms with Crippen molar-refractivity contribution in [2.45, 2.75) is 109 Å². The largest absolute Gasteiger partial charge is 0.543 e. The van der Waals surface area contributed by atoms with Gasteiger partial charge in [0.2, 0.25) is 8.32 Å². The first-order valence-corrected chi connectivity index (χ1v) is 21.1. The molecule has 1 N–H and O–H groups in total. The quantitative estimate of drug-likeness (QED) is 0.113. The summed E-state index contributed by atoms with van der Waals surface area (Å²) in [5.74, 6) is 2.46. The van der Waals surface area contributed by atoms with E-state index in [1.165, 1.54) is 79.4 Å². The monoisotopic (exact) mass is 656 g/mol. The fraction of sp³-hybridized carbons (Fsp3) is 0.561. The highest BCUT2D eigenvalue weighted by Crippen LogP contribution is 2.40. The van der Waals surface area contributed by atoms with Crippen LogP contribution in [0.25, 0.3) is 0 Å². The van der Waals surface area contributed by atoms with E-state index in [0.717, 1.165) is 50.5 Å². The van der Waals surface area contributed by atoms with Gasteiger partial charge < -0.3 is 18.8 Å². The lowest BCUT2D eigenvalue weighted by Crippen LogP contribution is -2.43. The highest BCUT2D eigenvalue weighted by atomic mass is 28.4. The van der Waals surface area contributed by atoms with Gasteiger partial charge in [0.15, 0.2) is 0 Å². The maximum atomic E-state index is 6.69. The van der Waals surface area contributed by atoms with E-state index in [1.807, 2.05) is 0 Å². The zero-order chi connectivity index (χ0) is 33.3. The number of rotatable bonds is 13. The van der Waals surface area contributed by atoms with E-state index in [2.05, 4.69) is 111 Å². The number of fused-ring (bicyclic) bond motifs is 1. The Morgan fingerprint density at radius 1 is 0.872 bits per heavy atom. The molecule has 5 rings (SSSR count). The average Bonchev–Trinajstić information content (AvgIpc) is 3.44. The predicted octanol–water partition coefficient (Wildman–Crippen LogP) is 9.47. The van der Waals surface area contributed by atoms with Gasteiger partial charge in [-0.1, -0.05) is 76.1 Å². The van der Waals surface area contributed by atoms with Crippen molar-refractivity contribution in [3.8, 4) is 11.5 Å². The van der Waals surface area contributed by atoms with Gasteiger partial charge in [-0.05, 0) is 134 Å². The number of ether oxygens (including phenoxy) is 2. The standard InChI is InChI=1S/C41H60N2O3Si/c1-41(2,3)47(5,6)46-38-20-19-34-29-35(18-14-17-33(34)30-38)39-22-21-37(44-4)31-36(39)23-24-42-40(32-15-10-9-11-16-32)45-28-27-43-25-12-7-8-13-26-43/h9-11,15-16,19-22,30-31,35,40,42H,7-8,12-14,17-18,23-29H2,1-6H3. The van der Waals surface area contributed by atoms with Crippen LogP contribution in [0.2, 0.25) is 18.1 Å². The molecule has 256 valence electrons. The van der Waals surface area contributed by atoms with Crippen molar-refractivity contribution in [2.24, 2.45) is 0 Å². The summed E-state index contributed by atoms with van der Waals surface area (Å²) in [5.41, 5.74) is 6.95. The summed E-state index contributed by atoms with van der Waals surface area (Å²) in [6.45, 7) is 16.6. The fourth-order valence-corrected chi connectivity index (χ4v) is 7.96. The zero-order valence-corrected chi connectivity index (χ0v) is 31.1. The van der Waals surface area contributed by atoms with Crippen molar-refractivity contribution in [1.29, 1.82) is 0 Å². The number of hydrogen-bond acceptors (Lipinski definition) is 5.